The molecule has 1 heterocycles. The Morgan fingerprint density at radius 1 is 1.11 bits per heavy atom. The second-order valence-corrected chi connectivity index (χ2v) is 3.48. The number of carbonyl (C=O) groups excluding carboxylic acids is 1. The Morgan fingerprint density at radius 3 is 2.50 bits per heavy atom. The molecule has 6 N–H and O–H groups in total. The molecular weight excluding hydrogens is 232 g/mol. The number of nitrogens with two attached hydrogens (primary N) is 2. The molecule has 0 saturated carbocycles. The Kier molecular flexibility index (Phi) is 3.24. The first-order valence-electron chi connectivity index (χ1n) is 5.16. The highest BCUT2D eigenvalue weighted by Crippen LogP contribution is 2.08. The van der Waals surface area contributed by atoms with Crippen LogP contribution in [-0.4, -0.2) is 15.9 Å². The van der Waals surface area contributed by atoms with Crippen molar-refractivity contribution in [3.05, 3.63) is 42.0 Å². The summed E-state index contributed by atoms with van der Waals surface area (Å²) in [5.41, 5.74) is 16.5. The SMILES string of the molecule is Nc1cc(NNC(=O)c2ccccc2)nc(N)n1. The molecule has 2 rings (SSSR count). The van der Waals surface area contributed by atoms with Gasteiger partial charge in [0.1, 0.15) is 5.82 Å². The van der Waals surface area contributed by atoms with Gasteiger partial charge < -0.3 is 11.5 Å². The number of carbonyl (C=O) groups is 1. The molecule has 0 fully saturated rings. The van der Waals surface area contributed by atoms with Crippen LogP contribution in [0.25, 0.3) is 0 Å². The van der Waals surface area contributed by atoms with Gasteiger partial charge in [-0.25, -0.2) is 0 Å². The highest BCUT2D eigenvalue weighted by atomic mass is 16.2. The maximum atomic E-state index is 11.7. The summed E-state index contributed by atoms with van der Waals surface area (Å²) in [4.78, 5) is 19.3. The lowest BCUT2D eigenvalue weighted by molar-refractivity contribution is 0.0962. The van der Waals surface area contributed by atoms with Crippen LogP contribution in [0.5, 0.6) is 0 Å². The number of anilines is 3. The van der Waals surface area contributed by atoms with Crippen molar-refractivity contribution in [3.8, 4) is 0 Å². The van der Waals surface area contributed by atoms with Crippen molar-refractivity contribution in [1.82, 2.24) is 15.4 Å². The zero-order chi connectivity index (χ0) is 13.0. The molecule has 0 saturated heterocycles. The van der Waals surface area contributed by atoms with Crippen molar-refractivity contribution in [2.45, 2.75) is 0 Å². The normalized spacial score (nSPS) is 9.78. The average molecular weight is 244 g/mol. The second kappa shape index (κ2) is 5.00. The third kappa shape index (κ3) is 2.85. The van der Waals surface area contributed by atoms with Crippen LogP contribution in [0.1, 0.15) is 10.4 Å². The average Bonchev–Trinajstić information content (AvgIpc) is 2.36. The van der Waals surface area contributed by atoms with Gasteiger partial charge in [0, 0.05) is 11.6 Å². The zero-order valence-electron chi connectivity index (χ0n) is 9.42. The molecular formula is C11H12N6O. The number of amides is 1. The van der Waals surface area contributed by atoms with Gasteiger partial charge in [-0.15, -0.1) is 0 Å². The number of hydrogen-bond acceptors (Lipinski definition) is 6. The molecule has 0 atom stereocenters. The van der Waals surface area contributed by atoms with Gasteiger partial charge in [-0.1, -0.05) is 18.2 Å². The van der Waals surface area contributed by atoms with Crippen LogP contribution in [0, 0.1) is 0 Å². The summed E-state index contributed by atoms with van der Waals surface area (Å²) >= 11 is 0. The molecule has 0 aliphatic rings. The number of nitrogens with one attached hydrogen (secondary N) is 2. The summed E-state index contributed by atoms with van der Waals surface area (Å²) in [5, 5.41) is 0. The quantitative estimate of drug-likeness (QED) is 0.580. The Morgan fingerprint density at radius 2 is 1.83 bits per heavy atom. The molecule has 1 aromatic heterocycles. The van der Waals surface area contributed by atoms with Crippen molar-refractivity contribution in [2.75, 3.05) is 16.9 Å². The van der Waals surface area contributed by atoms with Gasteiger partial charge in [0.05, 0.1) is 0 Å². The van der Waals surface area contributed by atoms with Crippen molar-refractivity contribution >= 4 is 23.5 Å². The molecule has 0 radical (unpaired) electrons. The van der Waals surface area contributed by atoms with E-state index in [-0.39, 0.29) is 17.7 Å². The van der Waals surface area contributed by atoms with E-state index in [0.29, 0.717) is 11.4 Å². The van der Waals surface area contributed by atoms with E-state index in [0.717, 1.165) is 0 Å². The summed E-state index contributed by atoms with van der Waals surface area (Å²) in [6, 6.07) is 10.2. The highest BCUT2D eigenvalue weighted by Gasteiger charge is 2.04. The summed E-state index contributed by atoms with van der Waals surface area (Å²) in [5.74, 6) is 0.293. The fourth-order valence-corrected chi connectivity index (χ4v) is 1.33. The lowest BCUT2D eigenvalue weighted by Crippen LogP contribution is -2.30. The molecule has 0 aliphatic carbocycles. The van der Waals surface area contributed by atoms with E-state index in [1.807, 2.05) is 6.07 Å². The van der Waals surface area contributed by atoms with E-state index in [2.05, 4.69) is 20.8 Å². The first-order valence-corrected chi connectivity index (χ1v) is 5.16. The molecule has 18 heavy (non-hydrogen) atoms. The van der Waals surface area contributed by atoms with E-state index in [4.69, 9.17) is 11.5 Å². The van der Waals surface area contributed by atoms with Gasteiger partial charge >= 0.3 is 0 Å². The molecule has 0 spiro atoms. The molecule has 92 valence electrons. The predicted octanol–water partition coefficient (Wildman–Crippen LogP) is 0.398. The maximum Gasteiger partial charge on any atom is 0.269 e. The number of nitrogen functional groups attached to an aromatic ring is 2. The van der Waals surface area contributed by atoms with E-state index in [9.17, 15) is 4.79 Å². The number of rotatable bonds is 3. The second-order valence-electron chi connectivity index (χ2n) is 3.48. The van der Waals surface area contributed by atoms with Crippen LogP contribution in [-0.2, 0) is 0 Å². The van der Waals surface area contributed by atoms with Gasteiger partial charge in [-0.3, -0.25) is 15.6 Å². The molecule has 7 heteroatoms. The fourth-order valence-electron chi connectivity index (χ4n) is 1.33. The number of nitrogens with zero attached hydrogens (tertiary/aromatic N) is 2. The first-order chi connectivity index (χ1) is 8.65. The van der Waals surface area contributed by atoms with Crippen molar-refractivity contribution in [3.63, 3.8) is 0 Å². The molecule has 0 bridgehead atoms. The third-order valence-electron chi connectivity index (χ3n) is 2.10. The number of hydrazine groups is 1. The largest absolute Gasteiger partial charge is 0.383 e. The summed E-state index contributed by atoms with van der Waals surface area (Å²) in [7, 11) is 0. The smallest absolute Gasteiger partial charge is 0.269 e. The molecule has 1 amide bonds. The minimum Gasteiger partial charge on any atom is -0.383 e. The summed E-state index contributed by atoms with van der Waals surface area (Å²) in [6.07, 6.45) is 0. The molecule has 0 aliphatic heterocycles. The van der Waals surface area contributed by atoms with E-state index in [1.165, 1.54) is 6.07 Å². The van der Waals surface area contributed by atoms with Gasteiger partial charge in [-0.2, -0.15) is 9.97 Å². The van der Waals surface area contributed by atoms with Gasteiger partial charge in [0.25, 0.3) is 5.91 Å². The standard InChI is InChI=1S/C11H12N6O/c12-8-6-9(15-11(13)14-8)16-17-10(18)7-4-2-1-3-5-7/h1-6H,(H,17,18)(H5,12,13,14,15,16). The lowest BCUT2D eigenvalue weighted by Gasteiger charge is -2.08. The van der Waals surface area contributed by atoms with Crippen molar-refractivity contribution in [2.24, 2.45) is 0 Å². The van der Waals surface area contributed by atoms with Crippen LogP contribution in [0.15, 0.2) is 36.4 Å². The van der Waals surface area contributed by atoms with Crippen molar-refractivity contribution in [1.29, 1.82) is 0 Å². The lowest BCUT2D eigenvalue weighted by atomic mass is 10.2. The molecule has 1 aromatic carbocycles. The van der Waals surface area contributed by atoms with Gasteiger partial charge in [-0.05, 0) is 12.1 Å². The summed E-state index contributed by atoms with van der Waals surface area (Å²) in [6.45, 7) is 0. The van der Waals surface area contributed by atoms with E-state index >= 15 is 0 Å². The molecule has 0 unspecified atom stereocenters. The van der Waals surface area contributed by atoms with E-state index < -0.39 is 0 Å². The first kappa shape index (κ1) is 11.6. The zero-order valence-corrected chi connectivity index (χ0v) is 9.42. The third-order valence-corrected chi connectivity index (χ3v) is 2.10. The van der Waals surface area contributed by atoms with Crippen LogP contribution >= 0.6 is 0 Å². The summed E-state index contributed by atoms with van der Waals surface area (Å²) < 4.78 is 0. The minimum atomic E-state index is -0.286. The minimum absolute atomic E-state index is 0.0338. The monoisotopic (exact) mass is 244 g/mol. The molecule has 7 nitrogen and oxygen atoms in total. The maximum absolute atomic E-state index is 11.7. The van der Waals surface area contributed by atoms with Crippen LogP contribution in [0.4, 0.5) is 17.6 Å². The number of benzene rings is 1. The number of aromatic nitrogens is 2. The van der Waals surface area contributed by atoms with Gasteiger partial charge in [0.2, 0.25) is 5.95 Å². The predicted molar refractivity (Wildman–Crippen MR) is 68.4 cm³/mol. The van der Waals surface area contributed by atoms with Crippen LogP contribution < -0.4 is 22.3 Å². The van der Waals surface area contributed by atoms with Crippen LogP contribution in [0.2, 0.25) is 0 Å². The van der Waals surface area contributed by atoms with Gasteiger partial charge in [0.15, 0.2) is 5.82 Å². The van der Waals surface area contributed by atoms with E-state index in [1.54, 1.807) is 24.3 Å². The van der Waals surface area contributed by atoms with Crippen LogP contribution in [0.3, 0.4) is 0 Å². The Bertz CT molecular complexity index is 536. The molecule has 2 aromatic rings. The fraction of sp³-hybridized carbons (Fsp3) is 0. The Labute approximate surface area is 103 Å². The topological polar surface area (TPSA) is 119 Å². The highest BCUT2D eigenvalue weighted by molar-refractivity contribution is 5.94. The Hall–Kier alpha value is -2.83. The van der Waals surface area contributed by atoms with Crippen molar-refractivity contribution < 1.29 is 4.79 Å². The number of hydrogen-bond donors (Lipinski definition) is 4. The Balaban J connectivity index is 2.02.